The fourth-order valence-corrected chi connectivity index (χ4v) is 1.59. The lowest BCUT2D eigenvalue weighted by Gasteiger charge is -2.17. The molecule has 0 aromatic carbocycles. The van der Waals surface area contributed by atoms with Crippen molar-refractivity contribution in [2.45, 2.75) is 33.1 Å². The van der Waals surface area contributed by atoms with Gasteiger partial charge in [0.05, 0.1) is 18.1 Å². The summed E-state index contributed by atoms with van der Waals surface area (Å²) in [5, 5.41) is 3.28. The molecule has 0 atom stereocenters. The van der Waals surface area contributed by atoms with Gasteiger partial charge in [-0.05, 0) is 6.92 Å². The van der Waals surface area contributed by atoms with Crippen LogP contribution in [0.3, 0.4) is 0 Å². The van der Waals surface area contributed by atoms with E-state index in [9.17, 15) is 0 Å². The maximum Gasteiger partial charge on any atom is 0.156 e. The van der Waals surface area contributed by atoms with Crippen LogP contribution in [0.5, 0.6) is 0 Å². The van der Waals surface area contributed by atoms with Gasteiger partial charge < -0.3 is 5.32 Å². The summed E-state index contributed by atoms with van der Waals surface area (Å²) < 4.78 is 2.05. The largest absolute Gasteiger partial charge is 0.370 e. The molecule has 0 saturated heterocycles. The molecule has 86 valence electrons. The third-order valence-corrected chi connectivity index (χ3v) is 2.52. The lowest BCUT2D eigenvalue weighted by atomic mass is 9.93. The smallest absolute Gasteiger partial charge is 0.156 e. The summed E-state index contributed by atoms with van der Waals surface area (Å²) in [4.78, 5) is 8.74. The van der Waals surface area contributed by atoms with Crippen LogP contribution in [0.1, 0.15) is 33.4 Å². The molecule has 2 rings (SSSR count). The lowest BCUT2D eigenvalue weighted by molar-refractivity contribution is 0.565. The number of anilines is 1. The first-order chi connectivity index (χ1) is 7.52. The third-order valence-electron chi connectivity index (χ3n) is 2.52. The molecule has 0 fully saturated rings. The number of nitrogens with zero attached hydrogens (tertiary/aromatic N) is 3. The third kappa shape index (κ3) is 1.87. The van der Waals surface area contributed by atoms with Crippen molar-refractivity contribution in [2.75, 3.05) is 11.9 Å². The lowest BCUT2D eigenvalue weighted by Crippen LogP contribution is -2.14. The molecule has 2 heterocycles. The van der Waals surface area contributed by atoms with Crippen LogP contribution in [0.15, 0.2) is 18.6 Å². The quantitative estimate of drug-likeness (QED) is 0.842. The Kier molecular flexibility index (Phi) is 2.58. The Hall–Kier alpha value is -1.58. The SMILES string of the molecule is CCNc1cnc2cnc(C(C)(C)C)cn12. The summed E-state index contributed by atoms with van der Waals surface area (Å²) in [6, 6.07) is 0. The predicted octanol–water partition coefficient (Wildman–Crippen LogP) is 2.46. The summed E-state index contributed by atoms with van der Waals surface area (Å²) in [6.45, 7) is 9.44. The van der Waals surface area contributed by atoms with Gasteiger partial charge in [-0.15, -0.1) is 0 Å². The van der Waals surface area contributed by atoms with E-state index >= 15 is 0 Å². The van der Waals surface area contributed by atoms with Gasteiger partial charge in [-0.3, -0.25) is 9.38 Å². The fraction of sp³-hybridized carbons (Fsp3) is 0.500. The van der Waals surface area contributed by atoms with E-state index in [1.54, 1.807) is 0 Å². The average molecular weight is 218 g/mol. The standard InChI is InChI=1S/C12H18N4/c1-5-13-10-7-15-11-6-14-9(8-16(10)11)12(2,3)4/h6-8,13H,5H2,1-4H3. The Balaban J connectivity index is 2.54. The van der Waals surface area contributed by atoms with Crippen LogP contribution in [-0.4, -0.2) is 20.9 Å². The summed E-state index contributed by atoms with van der Waals surface area (Å²) in [6.07, 6.45) is 5.72. The average Bonchev–Trinajstić information content (AvgIpc) is 2.60. The topological polar surface area (TPSA) is 42.2 Å². The Bertz CT molecular complexity index is 493. The van der Waals surface area contributed by atoms with Crippen molar-refractivity contribution in [1.29, 1.82) is 0 Å². The fourth-order valence-electron chi connectivity index (χ4n) is 1.59. The van der Waals surface area contributed by atoms with Crippen molar-refractivity contribution < 1.29 is 0 Å². The van der Waals surface area contributed by atoms with Gasteiger partial charge in [0, 0.05) is 18.2 Å². The van der Waals surface area contributed by atoms with Gasteiger partial charge in [-0.25, -0.2) is 4.98 Å². The zero-order chi connectivity index (χ0) is 11.8. The number of nitrogens with one attached hydrogen (secondary N) is 1. The zero-order valence-corrected chi connectivity index (χ0v) is 10.3. The van der Waals surface area contributed by atoms with Crippen LogP contribution in [0.2, 0.25) is 0 Å². The molecule has 2 aromatic heterocycles. The normalized spacial score (nSPS) is 12.0. The van der Waals surface area contributed by atoms with Crippen LogP contribution in [0, 0.1) is 0 Å². The van der Waals surface area contributed by atoms with Crippen molar-refractivity contribution in [3.8, 4) is 0 Å². The van der Waals surface area contributed by atoms with E-state index in [0.29, 0.717) is 0 Å². The molecular formula is C12H18N4. The van der Waals surface area contributed by atoms with Gasteiger partial charge >= 0.3 is 0 Å². The first kappa shape index (κ1) is 10.9. The second-order valence-electron chi connectivity index (χ2n) is 4.92. The molecule has 1 N–H and O–H groups in total. The molecule has 0 aliphatic heterocycles. The molecule has 2 aromatic rings. The minimum atomic E-state index is 0.0575. The second-order valence-corrected chi connectivity index (χ2v) is 4.92. The Morgan fingerprint density at radius 2 is 2.00 bits per heavy atom. The molecule has 4 heteroatoms. The zero-order valence-electron chi connectivity index (χ0n) is 10.3. The van der Waals surface area contributed by atoms with Gasteiger partial charge in [0.15, 0.2) is 5.65 Å². The van der Waals surface area contributed by atoms with Gasteiger partial charge in [0.2, 0.25) is 0 Å². The maximum absolute atomic E-state index is 4.44. The van der Waals surface area contributed by atoms with E-state index in [4.69, 9.17) is 0 Å². The van der Waals surface area contributed by atoms with E-state index in [2.05, 4.69) is 53.6 Å². The molecular weight excluding hydrogens is 200 g/mol. The molecule has 0 aliphatic rings. The maximum atomic E-state index is 4.44. The number of aromatic nitrogens is 3. The summed E-state index contributed by atoms with van der Waals surface area (Å²) in [5.41, 5.74) is 2.00. The molecule has 16 heavy (non-hydrogen) atoms. The van der Waals surface area contributed by atoms with Gasteiger partial charge in [-0.2, -0.15) is 0 Å². The van der Waals surface area contributed by atoms with E-state index in [1.807, 2.05) is 12.4 Å². The van der Waals surface area contributed by atoms with E-state index in [0.717, 1.165) is 23.7 Å². The number of hydrogen-bond acceptors (Lipinski definition) is 3. The second kappa shape index (κ2) is 3.77. The van der Waals surface area contributed by atoms with Crippen molar-refractivity contribution in [3.63, 3.8) is 0 Å². The Morgan fingerprint density at radius 1 is 1.25 bits per heavy atom. The molecule has 0 saturated carbocycles. The van der Waals surface area contributed by atoms with Gasteiger partial charge in [0.1, 0.15) is 5.82 Å². The summed E-state index contributed by atoms with van der Waals surface area (Å²) >= 11 is 0. The number of fused-ring (bicyclic) bond motifs is 1. The molecule has 0 spiro atoms. The van der Waals surface area contributed by atoms with Crippen LogP contribution in [0.4, 0.5) is 5.82 Å². The molecule has 4 nitrogen and oxygen atoms in total. The highest BCUT2D eigenvalue weighted by Crippen LogP contribution is 2.21. The Morgan fingerprint density at radius 3 is 2.62 bits per heavy atom. The highest BCUT2D eigenvalue weighted by molar-refractivity contribution is 5.49. The molecule has 0 aliphatic carbocycles. The highest BCUT2D eigenvalue weighted by Gasteiger charge is 2.16. The predicted molar refractivity (Wildman–Crippen MR) is 65.9 cm³/mol. The molecule has 0 radical (unpaired) electrons. The minimum Gasteiger partial charge on any atom is -0.370 e. The van der Waals surface area contributed by atoms with Crippen molar-refractivity contribution in [2.24, 2.45) is 0 Å². The number of imidazole rings is 1. The number of hydrogen-bond donors (Lipinski definition) is 1. The molecule has 0 amide bonds. The number of rotatable bonds is 2. The first-order valence-electron chi connectivity index (χ1n) is 5.60. The van der Waals surface area contributed by atoms with Gasteiger partial charge in [-0.1, -0.05) is 20.8 Å². The highest BCUT2D eigenvalue weighted by atomic mass is 15.1. The summed E-state index contributed by atoms with van der Waals surface area (Å²) in [7, 11) is 0. The van der Waals surface area contributed by atoms with E-state index < -0.39 is 0 Å². The van der Waals surface area contributed by atoms with Crippen LogP contribution < -0.4 is 5.32 Å². The molecule has 0 bridgehead atoms. The van der Waals surface area contributed by atoms with Crippen LogP contribution in [-0.2, 0) is 5.41 Å². The van der Waals surface area contributed by atoms with E-state index in [1.165, 1.54) is 0 Å². The van der Waals surface area contributed by atoms with Crippen LogP contribution >= 0.6 is 0 Å². The van der Waals surface area contributed by atoms with Crippen molar-refractivity contribution in [1.82, 2.24) is 14.4 Å². The van der Waals surface area contributed by atoms with Crippen molar-refractivity contribution >= 4 is 11.5 Å². The Labute approximate surface area is 95.7 Å². The van der Waals surface area contributed by atoms with Gasteiger partial charge in [0.25, 0.3) is 0 Å². The van der Waals surface area contributed by atoms with E-state index in [-0.39, 0.29) is 5.41 Å². The van der Waals surface area contributed by atoms with Crippen molar-refractivity contribution in [3.05, 3.63) is 24.3 Å². The molecule has 0 unspecified atom stereocenters. The monoisotopic (exact) mass is 218 g/mol. The minimum absolute atomic E-state index is 0.0575. The summed E-state index contributed by atoms with van der Waals surface area (Å²) in [5.74, 6) is 1.02. The first-order valence-corrected chi connectivity index (χ1v) is 5.60. The van der Waals surface area contributed by atoms with Crippen LogP contribution in [0.25, 0.3) is 5.65 Å².